The predicted octanol–water partition coefficient (Wildman–Crippen LogP) is 3.47. The van der Waals surface area contributed by atoms with Crippen LogP contribution in [0.4, 0.5) is 5.69 Å². The summed E-state index contributed by atoms with van der Waals surface area (Å²) in [5.74, 6) is 0. The highest BCUT2D eigenvalue weighted by Gasteiger charge is 2.22. The Morgan fingerprint density at radius 3 is 2.47 bits per heavy atom. The summed E-state index contributed by atoms with van der Waals surface area (Å²) in [5, 5.41) is 0.806. The molecule has 2 N–H and O–H groups in total. The molecule has 0 radical (unpaired) electrons. The highest BCUT2D eigenvalue weighted by molar-refractivity contribution is 6.33. The van der Waals surface area contributed by atoms with E-state index in [-0.39, 0.29) is 5.54 Å². The third-order valence-electron chi connectivity index (χ3n) is 3.58. The number of nitrogens with zero attached hydrogens (tertiary/aromatic N) is 1. The minimum atomic E-state index is 0.110. The molecule has 1 rings (SSSR count). The molecule has 0 aliphatic rings. The summed E-state index contributed by atoms with van der Waals surface area (Å²) in [6, 6.07) is 6.22. The summed E-state index contributed by atoms with van der Waals surface area (Å²) in [6.07, 6.45) is 1.95. The zero-order valence-electron chi connectivity index (χ0n) is 11.3. The highest BCUT2D eigenvalue weighted by atomic mass is 35.5. The Bertz CT molecular complexity index is 374. The molecular formula is C14H23ClN2. The number of hydrogen-bond donors (Lipinski definition) is 1. The second kappa shape index (κ2) is 5.74. The maximum atomic E-state index is 6.34. The average Bonchev–Trinajstić information content (AvgIpc) is 2.29. The maximum absolute atomic E-state index is 6.34. The van der Waals surface area contributed by atoms with Gasteiger partial charge in [-0.2, -0.15) is 0 Å². The van der Waals surface area contributed by atoms with Crippen LogP contribution in [0.5, 0.6) is 0 Å². The van der Waals surface area contributed by atoms with Crippen molar-refractivity contribution in [1.82, 2.24) is 0 Å². The second-order valence-corrected chi connectivity index (χ2v) is 5.46. The Morgan fingerprint density at radius 2 is 2.00 bits per heavy atom. The standard InChI is InChI=1S/C14H23ClN2/c1-5-14(2,3)17(4)13-7-6-11(8-9-16)10-12(13)15/h6-7,10H,5,8-9,16H2,1-4H3. The fourth-order valence-electron chi connectivity index (χ4n) is 1.71. The summed E-state index contributed by atoms with van der Waals surface area (Å²) in [5.41, 5.74) is 7.94. The minimum Gasteiger partial charge on any atom is -0.368 e. The number of hydrogen-bond acceptors (Lipinski definition) is 2. The van der Waals surface area contributed by atoms with Crippen molar-refractivity contribution in [3.63, 3.8) is 0 Å². The first-order valence-electron chi connectivity index (χ1n) is 6.14. The van der Waals surface area contributed by atoms with Crippen LogP contribution in [0.25, 0.3) is 0 Å². The van der Waals surface area contributed by atoms with Crippen LogP contribution in [0.2, 0.25) is 5.02 Å². The van der Waals surface area contributed by atoms with Crippen molar-refractivity contribution in [2.24, 2.45) is 5.73 Å². The van der Waals surface area contributed by atoms with Crippen LogP contribution in [0, 0.1) is 0 Å². The van der Waals surface area contributed by atoms with Gasteiger partial charge in [0, 0.05) is 12.6 Å². The van der Waals surface area contributed by atoms with E-state index in [1.807, 2.05) is 6.07 Å². The van der Waals surface area contributed by atoms with Gasteiger partial charge in [0.15, 0.2) is 0 Å². The molecule has 0 amide bonds. The molecule has 0 saturated carbocycles. The van der Waals surface area contributed by atoms with Crippen molar-refractivity contribution in [2.75, 3.05) is 18.5 Å². The highest BCUT2D eigenvalue weighted by Crippen LogP contribution is 2.31. The van der Waals surface area contributed by atoms with Gasteiger partial charge in [-0.25, -0.2) is 0 Å². The SMILES string of the molecule is CCC(C)(C)N(C)c1ccc(CCN)cc1Cl. The summed E-state index contributed by atoms with van der Waals surface area (Å²) < 4.78 is 0. The fourth-order valence-corrected chi connectivity index (χ4v) is 2.04. The lowest BCUT2D eigenvalue weighted by Crippen LogP contribution is -2.40. The number of rotatable bonds is 5. The third-order valence-corrected chi connectivity index (χ3v) is 3.88. The van der Waals surface area contributed by atoms with Gasteiger partial charge in [-0.15, -0.1) is 0 Å². The quantitative estimate of drug-likeness (QED) is 0.872. The van der Waals surface area contributed by atoms with Crippen molar-refractivity contribution >= 4 is 17.3 Å². The van der Waals surface area contributed by atoms with Gasteiger partial charge in [0.05, 0.1) is 10.7 Å². The molecule has 2 nitrogen and oxygen atoms in total. The maximum Gasteiger partial charge on any atom is 0.0642 e. The van der Waals surface area contributed by atoms with E-state index >= 15 is 0 Å². The lowest BCUT2D eigenvalue weighted by molar-refractivity contribution is 0.471. The largest absolute Gasteiger partial charge is 0.368 e. The molecule has 1 aromatic carbocycles. The van der Waals surface area contributed by atoms with Crippen LogP contribution in [0.15, 0.2) is 18.2 Å². The zero-order chi connectivity index (χ0) is 13.1. The molecule has 1 aromatic rings. The molecule has 17 heavy (non-hydrogen) atoms. The van der Waals surface area contributed by atoms with Crippen molar-refractivity contribution in [3.8, 4) is 0 Å². The number of halogens is 1. The molecule has 0 aliphatic heterocycles. The van der Waals surface area contributed by atoms with Crippen LogP contribution in [-0.4, -0.2) is 19.1 Å². The fraction of sp³-hybridized carbons (Fsp3) is 0.571. The first-order chi connectivity index (χ1) is 7.92. The van der Waals surface area contributed by atoms with E-state index in [0.29, 0.717) is 6.54 Å². The van der Waals surface area contributed by atoms with E-state index < -0.39 is 0 Å². The molecule has 0 atom stereocenters. The molecule has 96 valence electrons. The number of anilines is 1. The summed E-state index contributed by atoms with van der Waals surface area (Å²) in [7, 11) is 2.09. The molecule has 0 aliphatic carbocycles. The molecule has 0 saturated heterocycles. The van der Waals surface area contributed by atoms with Crippen molar-refractivity contribution in [3.05, 3.63) is 28.8 Å². The van der Waals surface area contributed by atoms with Gasteiger partial charge in [0.2, 0.25) is 0 Å². The average molecular weight is 255 g/mol. The molecule has 0 heterocycles. The Morgan fingerprint density at radius 1 is 1.35 bits per heavy atom. The second-order valence-electron chi connectivity index (χ2n) is 5.05. The van der Waals surface area contributed by atoms with Crippen LogP contribution in [-0.2, 0) is 6.42 Å². The van der Waals surface area contributed by atoms with Gasteiger partial charge in [0.1, 0.15) is 0 Å². The van der Waals surface area contributed by atoms with E-state index in [4.69, 9.17) is 17.3 Å². The Kier molecular flexibility index (Phi) is 4.84. The van der Waals surface area contributed by atoms with Crippen LogP contribution < -0.4 is 10.6 Å². The Labute approximate surface area is 110 Å². The molecule has 0 bridgehead atoms. The molecule has 3 heteroatoms. The molecule has 0 fully saturated rings. The molecule has 0 unspecified atom stereocenters. The van der Waals surface area contributed by atoms with Gasteiger partial charge in [-0.05, 0) is 50.9 Å². The van der Waals surface area contributed by atoms with Gasteiger partial charge < -0.3 is 10.6 Å². The first kappa shape index (κ1) is 14.3. The van der Waals surface area contributed by atoms with Gasteiger partial charge in [-0.1, -0.05) is 24.6 Å². The van der Waals surface area contributed by atoms with E-state index in [9.17, 15) is 0 Å². The Hall–Kier alpha value is -0.730. The zero-order valence-corrected chi connectivity index (χ0v) is 12.0. The normalized spacial score (nSPS) is 11.6. The summed E-state index contributed by atoms with van der Waals surface area (Å²) in [6.45, 7) is 7.29. The number of nitrogens with two attached hydrogens (primary N) is 1. The van der Waals surface area contributed by atoms with E-state index in [2.05, 4.69) is 44.9 Å². The monoisotopic (exact) mass is 254 g/mol. The molecular weight excluding hydrogens is 232 g/mol. The van der Waals surface area contributed by atoms with Crippen LogP contribution >= 0.6 is 11.6 Å². The van der Waals surface area contributed by atoms with Gasteiger partial charge in [0.25, 0.3) is 0 Å². The lowest BCUT2D eigenvalue weighted by Gasteiger charge is -2.37. The summed E-state index contributed by atoms with van der Waals surface area (Å²) in [4.78, 5) is 2.24. The first-order valence-corrected chi connectivity index (χ1v) is 6.52. The summed E-state index contributed by atoms with van der Waals surface area (Å²) >= 11 is 6.34. The van der Waals surface area contributed by atoms with Crippen molar-refractivity contribution in [2.45, 2.75) is 39.2 Å². The number of benzene rings is 1. The smallest absolute Gasteiger partial charge is 0.0642 e. The van der Waals surface area contributed by atoms with Crippen molar-refractivity contribution < 1.29 is 0 Å². The van der Waals surface area contributed by atoms with E-state index in [1.165, 1.54) is 5.56 Å². The topological polar surface area (TPSA) is 29.3 Å². The third kappa shape index (κ3) is 3.36. The van der Waals surface area contributed by atoms with Gasteiger partial charge in [-0.3, -0.25) is 0 Å². The Balaban J connectivity index is 2.99. The van der Waals surface area contributed by atoms with E-state index in [0.717, 1.165) is 23.6 Å². The van der Waals surface area contributed by atoms with Crippen molar-refractivity contribution in [1.29, 1.82) is 0 Å². The molecule has 0 aromatic heterocycles. The van der Waals surface area contributed by atoms with E-state index in [1.54, 1.807) is 0 Å². The van der Waals surface area contributed by atoms with Crippen LogP contribution in [0.3, 0.4) is 0 Å². The van der Waals surface area contributed by atoms with Gasteiger partial charge >= 0.3 is 0 Å². The van der Waals surface area contributed by atoms with Crippen LogP contribution in [0.1, 0.15) is 32.8 Å². The molecule has 0 spiro atoms. The lowest BCUT2D eigenvalue weighted by atomic mass is 9.99. The minimum absolute atomic E-state index is 0.110. The predicted molar refractivity (Wildman–Crippen MR) is 77.0 cm³/mol.